The number of aryl methyl sites for hydroxylation is 1. The molecule has 7 nitrogen and oxygen atoms in total. The summed E-state index contributed by atoms with van der Waals surface area (Å²) >= 11 is 1.37. The van der Waals surface area contributed by atoms with Gasteiger partial charge in [0, 0.05) is 37.1 Å². The highest BCUT2D eigenvalue weighted by Crippen LogP contribution is 2.25. The first kappa shape index (κ1) is 23.8. The first-order valence-electron chi connectivity index (χ1n) is 10.8. The van der Waals surface area contributed by atoms with E-state index in [-0.39, 0.29) is 11.7 Å². The van der Waals surface area contributed by atoms with E-state index in [9.17, 15) is 4.79 Å². The van der Waals surface area contributed by atoms with Crippen LogP contribution in [-0.4, -0.2) is 53.2 Å². The molecule has 0 aliphatic carbocycles. The number of nitrogens with zero attached hydrogens (tertiary/aromatic N) is 4. The number of hydrogen-bond acceptors (Lipinski definition) is 6. The minimum atomic E-state index is -0.0796. The van der Waals surface area contributed by atoms with Crippen molar-refractivity contribution in [1.29, 1.82) is 0 Å². The fraction of sp³-hybridized carbons (Fsp3) is 0.375. The quantitative estimate of drug-likeness (QED) is 0.432. The van der Waals surface area contributed by atoms with Gasteiger partial charge in [0.15, 0.2) is 11.0 Å². The van der Waals surface area contributed by atoms with Gasteiger partial charge in [-0.15, -0.1) is 10.2 Å². The lowest BCUT2D eigenvalue weighted by atomic mass is 10.1. The van der Waals surface area contributed by atoms with Gasteiger partial charge in [0.05, 0.1) is 18.9 Å². The maximum atomic E-state index is 12.5. The largest absolute Gasteiger partial charge is 0.383 e. The van der Waals surface area contributed by atoms with Crippen molar-refractivity contribution in [1.82, 2.24) is 14.8 Å². The van der Waals surface area contributed by atoms with Crippen LogP contribution in [0.15, 0.2) is 53.7 Å². The van der Waals surface area contributed by atoms with Crippen LogP contribution in [0.1, 0.15) is 19.4 Å². The van der Waals surface area contributed by atoms with Crippen molar-refractivity contribution in [2.45, 2.75) is 32.5 Å². The Morgan fingerprint density at radius 3 is 2.53 bits per heavy atom. The molecule has 1 N–H and O–H groups in total. The van der Waals surface area contributed by atoms with Crippen molar-refractivity contribution >= 4 is 29.0 Å². The normalized spacial score (nSPS) is 10.9. The van der Waals surface area contributed by atoms with Crippen molar-refractivity contribution in [3.8, 4) is 11.4 Å². The number of carbonyl (C=O) groups is 1. The average Bonchev–Trinajstić information content (AvgIpc) is 3.21. The first-order valence-corrected chi connectivity index (χ1v) is 11.8. The number of rotatable bonds is 11. The molecule has 1 amide bonds. The topological polar surface area (TPSA) is 72.3 Å². The lowest BCUT2D eigenvalue weighted by molar-refractivity contribution is -0.113. The van der Waals surface area contributed by atoms with Gasteiger partial charge in [0.2, 0.25) is 5.91 Å². The van der Waals surface area contributed by atoms with Crippen molar-refractivity contribution in [3.63, 3.8) is 0 Å². The van der Waals surface area contributed by atoms with Gasteiger partial charge in [-0.1, -0.05) is 35.5 Å². The van der Waals surface area contributed by atoms with E-state index >= 15 is 0 Å². The van der Waals surface area contributed by atoms with Gasteiger partial charge >= 0.3 is 0 Å². The third-order valence-electron chi connectivity index (χ3n) is 5.12. The van der Waals surface area contributed by atoms with Crippen LogP contribution in [0.2, 0.25) is 0 Å². The monoisotopic (exact) mass is 453 g/mol. The Morgan fingerprint density at radius 1 is 1.12 bits per heavy atom. The van der Waals surface area contributed by atoms with Crippen molar-refractivity contribution < 1.29 is 9.53 Å². The molecule has 0 radical (unpaired) electrons. The number of thioether (sulfide) groups is 1. The standard InChI is InChI=1S/C24H31N5O2S/c1-5-28(6-2)21-12-10-20(11-13-21)25-22(30)17-32-24-27-26-23(29(24)14-15-31-4)19-9-7-8-18(3)16-19/h7-13,16H,5-6,14-15,17H2,1-4H3,(H,25,30). The molecule has 0 fully saturated rings. The minimum absolute atomic E-state index is 0.0796. The molecule has 0 bridgehead atoms. The zero-order valence-electron chi connectivity index (χ0n) is 19.2. The molecule has 1 heterocycles. The van der Waals surface area contributed by atoms with E-state index in [1.165, 1.54) is 11.8 Å². The zero-order valence-corrected chi connectivity index (χ0v) is 20.0. The second kappa shape index (κ2) is 11.7. The van der Waals surface area contributed by atoms with Gasteiger partial charge in [-0.05, 0) is 51.1 Å². The van der Waals surface area contributed by atoms with Crippen LogP contribution in [0.25, 0.3) is 11.4 Å². The van der Waals surface area contributed by atoms with Crippen LogP contribution in [0.5, 0.6) is 0 Å². The second-order valence-electron chi connectivity index (χ2n) is 7.38. The lowest BCUT2D eigenvalue weighted by Crippen LogP contribution is -2.21. The van der Waals surface area contributed by atoms with E-state index in [1.54, 1.807) is 7.11 Å². The maximum Gasteiger partial charge on any atom is 0.234 e. The molecule has 0 saturated carbocycles. The molecule has 0 atom stereocenters. The Kier molecular flexibility index (Phi) is 8.70. The molecule has 170 valence electrons. The number of hydrogen-bond donors (Lipinski definition) is 1. The molecule has 0 aliphatic heterocycles. The molecule has 0 unspecified atom stereocenters. The molecule has 8 heteroatoms. The maximum absolute atomic E-state index is 12.5. The van der Waals surface area contributed by atoms with Crippen molar-refractivity contribution in [3.05, 3.63) is 54.1 Å². The molecule has 0 saturated heterocycles. The fourth-order valence-electron chi connectivity index (χ4n) is 3.45. The average molecular weight is 454 g/mol. The molecular formula is C24H31N5O2S. The number of ether oxygens (including phenoxy) is 1. The van der Waals surface area contributed by atoms with Gasteiger partial charge in [0.25, 0.3) is 0 Å². The van der Waals surface area contributed by atoms with Crippen LogP contribution in [0.3, 0.4) is 0 Å². The van der Waals surface area contributed by atoms with Crippen molar-refractivity contribution in [2.75, 3.05) is 42.8 Å². The molecule has 0 aliphatic rings. The SMILES string of the molecule is CCN(CC)c1ccc(NC(=O)CSc2nnc(-c3cccc(C)c3)n2CCOC)cc1. The molecule has 3 aromatic rings. The zero-order chi connectivity index (χ0) is 22.9. The second-order valence-corrected chi connectivity index (χ2v) is 8.32. The summed E-state index contributed by atoms with van der Waals surface area (Å²) in [6.45, 7) is 9.37. The summed E-state index contributed by atoms with van der Waals surface area (Å²) in [5.74, 6) is 0.945. The predicted octanol–water partition coefficient (Wildman–Crippen LogP) is 4.48. The number of anilines is 2. The lowest BCUT2D eigenvalue weighted by Gasteiger charge is -2.21. The van der Waals surface area contributed by atoms with Crippen molar-refractivity contribution in [2.24, 2.45) is 0 Å². The van der Waals surface area contributed by atoms with Gasteiger partial charge in [-0.25, -0.2) is 0 Å². The fourth-order valence-corrected chi connectivity index (χ4v) is 4.21. The molecule has 2 aromatic carbocycles. The van der Waals surface area contributed by atoms with E-state index in [4.69, 9.17) is 4.74 Å². The molecular weight excluding hydrogens is 422 g/mol. The summed E-state index contributed by atoms with van der Waals surface area (Å²) < 4.78 is 7.27. The number of aromatic nitrogens is 3. The molecule has 0 spiro atoms. The van der Waals surface area contributed by atoms with Crippen LogP contribution >= 0.6 is 11.8 Å². The number of amides is 1. The summed E-state index contributed by atoms with van der Waals surface area (Å²) in [7, 11) is 1.67. The third-order valence-corrected chi connectivity index (χ3v) is 6.09. The third kappa shape index (κ3) is 6.11. The van der Waals surface area contributed by atoms with Gasteiger partial charge in [-0.3, -0.25) is 9.36 Å². The van der Waals surface area contributed by atoms with Crippen LogP contribution < -0.4 is 10.2 Å². The minimum Gasteiger partial charge on any atom is -0.383 e. The van der Waals surface area contributed by atoms with Crippen LogP contribution in [0.4, 0.5) is 11.4 Å². The highest BCUT2D eigenvalue weighted by atomic mass is 32.2. The van der Waals surface area contributed by atoms with E-state index in [1.807, 2.05) is 54.0 Å². The van der Waals surface area contributed by atoms with E-state index < -0.39 is 0 Å². The Balaban J connectivity index is 1.66. The van der Waals surface area contributed by atoms with Crippen LogP contribution in [-0.2, 0) is 16.1 Å². The number of benzene rings is 2. The van der Waals surface area contributed by atoms with Gasteiger partial charge in [-0.2, -0.15) is 0 Å². The van der Waals surface area contributed by atoms with Crippen LogP contribution in [0, 0.1) is 6.92 Å². The number of nitrogens with one attached hydrogen (secondary N) is 1. The Labute approximate surface area is 194 Å². The Morgan fingerprint density at radius 2 is 1.88 bits per heavy atom. The Bertz CT molecular complexity index is 1020. The highest BCUT2D eigenvalue weighted by Gasteiger charge is 2.16. The first-order chi connectivity index (χ1) is 15.5. The molecule has 32 heavy (non-hydrogen) atoms. The summed E-state index contributed by atoms with van der Waals surface area (Å²) in [4.78, 5) is 14.8. The summed E-state index contributed by atoms with van der Waals surface area (Å²) in [6, 6.07) is 16.1. The predicted molar refractivity (Wildman–Crippen MR) is 131 cm³/mol. The molecule has 3 rings (SSSR count). The van der Waals surface area contributed by atoms with E-state index in [0.29, 0.717) is 18.3 Å². The van der Waals surface area contributed by atoms with Gasteiger partial charge < -0.3 is 15.0 Å². The summed E-state index contributed by atoms with van der Waals surface area (Å²) in [6.07, 6.45) is 0. The van der Waals surface area contributed by atoms with Gasteiger partial charge in [0.1, 0.15) is 0 Å². The number of methoxy groups -OCH3 is 1. The van der Waals surface area contributed by atoms with E-state index in [2.05, 4.69) is 40.3 Å². The number of carbonyl (C=O) groups excluding carboxylic acids is 1. The summed E-state index contributed by atoms with van der Waals surface area (Å²) in [5.41, 5.74) is 4.09. The highest BCUT2D eigenvalue weighted by molar-refractivity contribution is 7.99. The summed E-state index contributed by atoms with van der Waals surface area (Å²) in [5, 5.41) is 12.4. The Hall–Kier alpha value is -2.84. The van der Waals surface area contributed by atoms with E-state index in [0.717, 1.165) is 41.4 Å². The molecule has 1 aromatic heterocycles. The smallest absolute Gasteiger partial charge is 0.234 e.